The molecule has 0 aliphatic rings. The fourth-order valence-corrected chi connectivity index (χ4v) is 2.61. The molecule has 1 amide bonds. The van der Waals surface area contributed by atoms with Crippen molar-refractivity contribution in [2.45, 2.75) is 19.5 Å². The predicted octanol–water partition coefficient (Wildman–Crippen LogP) is 4.08. The molecule has 1 unspecified atom stereocenters. The molecule has 24 heavy (non-hydrogen) atoms. The van der Waals surface area contributed by atoms with E-state index in [9.17, 15) is 4.79 Å². The highest BCUT2D eigenvalue weighted by Crippen LogP contribution is 2.17. The van der Waals surface area contributed by atoms with Gasteiger partial charge in [-0.2, -0.15) is 5.10 Å². The van der Waals surface area contributed by atoms with Crippen molar-refractivity contribution in [2.24, 2.45) is 0 Å². The molecule has 4 nitrogen and oxygen atoms in total. The number of carbonyl (C=O) groups is 1. The van der Waals surface area contributed by atoms with Crippen molar-refractivity contribution in [1.82, 2.24) is 15.1 Å². The Balaban J connectivity index is 1.61. The average Bonchev–Trinajstić information content (AvgIpc) is 3.04. The van der Waals surface area contributed by atoms with Crippen LogP contribution in [0.2, 0.25) is 5.02 Å². The van der Waals surface area contributed by atoms with Crippen molar-refractivity contribution in [1.29, 1.82) is 0 Å². The minimum absolute atomic E-state index is 0.0832. The van der Waals surface area contributed by atoms with E-state index in [1.54, 1.807) is 4.68 Å². The molecule has 0 aliphatic heterocycles. The lowest BCUT2D eigenvalue weighted by Crippen LogP contribution is -2.30. The largest absolute Gasteiger partial charge is 0.348 e. The number of carbonyl (C=O) groups excluding carboxylic acids is 1. The molecule has 1 heterocycles. The second kappa shape index (κ2) is 7.32. The van der Waals surface area contributed by atoms with Crippen molar-refractivity contribution in [3.05, 3.63) is 77.4 Å². The Labute approximate surface area is 146 Å². The van der Waals surface area contributed by atoms with E-state index < -0.39 is 0 Å². The van der Waals surface area contributed by atoms with Gasteiger partial charge in [0.2, 0.25) is 5.91 Å². The molecule has 2 aromatic carbocycles. The minimum Gasteiger partial charge on any atom is -0.348 e. The summed E-state index contributed by atoms with van der Waals surface area (Å²) < 4.78 is 1.65. The molecule has 0 aliphatic carbocycles. The number of amides is 1. The number of nitrogens with one attached hydrogen (secondary N) is 1. The van der Waals surface area contributed by atoms with Gasteiger partial charge >= 0.3 is 0 Å². The van der Waals surface area contributed by atoms with Gasteiger partial charge in [0.1, 0.15) is 6.54 Å². The van der Waals surface area contributed by atoms with Crippen LogP contribution in [-0.4, -0.2) is 15.7 Å². The van der Waals surface area contributed by atoms with Crippen molar-refractivity contribution in [2.75, 3.05) is 0 Å². The van der Waals surface area contributed by atoms with Crippen LogP contribution >= 0.6 is 11.6 Å². The summed E-state index contributed by atoms with van der Waals surface area (Å²) >= 11 is 5.88. The number of benzene rings is 2. The zero-order valence-corrected chi connectivity index (χ0v) is 14.1. The van der Waals surface area contributed by atoms with Gasteiger partial charge < -0.3 is 5.32 Å². The summed E-state index contributed by atoms with van der Waals surface area (Å²) in [5.41, 5.74) is 2.90. The molecular formula is C19H18ClN3O. The first kappa shape index (κ1) is 16.3. The van der Waals surface area contributed by atoms with E-state index in [2.05, 4.69) is 10.4 Å². The molecule has 0 bridgehead atoms. The summed E-state index contributed by atoms with van der Waals surface area (Å²) in [6, 6.07) is 19.2. The van der Waals surface area contributed by atoms with Gasteiger partial charge in [-0.05, 0) is 30.7 Å². The smallest absolute Gasteiger partial charge is 0.242 e. The Hall–Kier alpha value is -2.59. The second-order valence-electron chi connectivity index (χ2n) is 5.61. The quantitative estimate of drug-likeness (QED) is 0.761. The van der Waals surface area contributed by atoms with Crippen LogP contribution in [0.15, 0.2) is 66.9 Å². The van der Waals surface area contributed by atoms with Gasteiger partial charge in [-0.1, -0.05) is 54.1 Å². The van der Waals surface area contributed by atoms with Crippen LogP contribution in [-0.2, 0) is 11.3 Å². The fourth-order valence-electron chi connectivity index (χ4n) is 2.48. The molecule has 0 saturated carbocycles. The van der Waals surface area contributed by atoms with E-state index in [0.29, 0.717) is 5.02 Å². The molecule has 0 saturated heterocycles. The zero-order chi connectivity index (χ0) is 16.9. The molecule has 3 rings (SSSR count). The second-order valence-corrected chi connectivity index (χ2v) is 6.04. The van der Waals surface area contributed by atoms with E-state index in [0.717, 1.165) is 16.8 Å². The topological polar surface area (TPSA) is 46.9 Å². The third-order valence-corrected chi connectivity index (χ3v) is 4.02. The minimum atomic E-state index is -0.0843. The maximum Gasteiger partial charge on any atom is 0.242 e. The Morgan fingerprint density at radius 3 is 2.54 bits per heavy atom. The number of halogens is 1. The molecule has 1 aromatic heterocycles. The van der Waals surface area contributed by atoms with E-state index in [-0.39, 0.29) is 18.5 Å². The molecule has 0 spiro atoms. The van der Waals surface area contributed by atoms with Crippen LogP contribution in [0.25, 0.3) is 11.3 Å². The van der Waals surface area contributed by atoms with Crippen molar-refractivity contribution < 1.29 is 4.79 Å². The van der Waals surface area contributed by atoms with Gasteiger partial charge in [0, 0.05) is 16.8 Å². The molecule has 3 aromatic rings. The number of hydrogen-bond acceptors (Lipinski definition) is 2. The van der Waals surface area contributed by atoms with Gasteiger partial charge in [0.15, 0.2) is 0 Å². The Kier molecular flexibility index (Phi) is 4.96. The van der Waals surface area contributed by atoms with Crippen molar-refractivity contribution >= 4 is 17.5 Å². The van der Waals surface area contributed by atoms with Gasteiger partial charge in [-0.3, -0.25) is 9.48 Å². The lowest BCUT2D eigenvalue weighted by molar-refractivity contribution is -0.122. The normalized spacial score (nSPS) is 11.9. The average molecular weight is 340 g/mol. The molecule has 1 atom stereocenters. The molecular weight excluding hydrogens is 322 g/mol. The van der Waals surface area contributed by atoms with E-state index in [4.69, 9.17) is 11.6 Å². The molecule has 5 heteroatoms. The van der Waals surface area contributed by atoms with E-state index in [1.807, 2.05) is 73.8 Å². The van der Waals surface area contributed by atoms with Crippen LogP contribution in [0.4, 0.5) is 0 Å². The van der Waals surface area contributed by atoms with Gasteiger partial charge in [-0.15, -0.1) is 0 Å². The standard InChI is InChI=1S/C19H18ClN3O/c1-14(15-7-9-17(20)10-8-15)21-19(24)13-23-12-11-18(22-23)16-5-3-2-4-6-16/h2-12,14H,13H2,1H3,(H,21,24). The summed E-state index contributed by atoms with van der Waals surface area (Å²) in [6.07, 6.45) is 1.81. The number of aromatic nitrogens is 2. The highest BCUT2D eigenvalue weighted by molar-refractivity contribution is 6.30. The lowest BCUT2D eigenvalue weighted by atomic mass is 10.1. The van der Waals surface area contributed by atoms with Crippen LogP contribution < -0.4 is 5.32 Å². The highest BCUT2D eigenvalue weighted by Gasteiger charge is 2.11. The Morgan fingerprint density at radius 1 is 1.12 bits per heavy atom. The Bertz CT molecular complexity index is 812. The fraction of sp³-hybridized carbons (Fsp3) is 0.158. The van der Waals surface area contributed by atoms with E-state index in [1.165, 1.54) is 0 Å². The van der Waals surface area contributed by atoms with E-state index >= 15 is 0 Å². The highest BCUT2D eigenvalue weighted by atomic mass is 35.5. The molecule has 1 N–H and O–H groups in total. The van der Waals surface area contributed by atoms with Crippen molar-refractivity contribution in [3.8, 4) is 11.3 Å². The summed E-state index contributed by atoms with van der Waals surface area (Å²) in [4.78, 5) is 12.2. The first-order chi connectivity index (χ1) is 11.6. The van der Waals surface area contributed by atoms with Gasteiger partial charge in [0.05, 0.1) is 11.7 Å². The maximum atomic E-state index is 12.2. The number of nitrogens with zero attached hydrogens (tertiary/aromatic N) is 2. The molecule has 0 radical (unpaired) electrons. The predicted molar refractivity (Wildman–Crippen MR) is 95.7 cm³/mol. The van der Waals surface area contributed by atoms with Crippen molar-refractivity contribution in [3.63, 3.8) is 0 Å². The summed E-state index contributed by atoms with van der Waals surface area (Å²) in [6.45, 7) is 2.13. The summed E-state index contributed by atoms with van der Waals surface area (Å²) in [7, 11) is 0. The first-order valence-electron chi connectivity index (χ1n) is 7.75. The van der Waals surface area contributed by atoms with Gasteiger partial charge in [0.25, 0.3) is 0 Å². The summed E-state index contributed by atoms with van der Waals surface area (Å²) in [5.74, 6) is -0.0832. The Morgan fingerprint density at radius 2 is 1.83 bits per heavy atom. The monoisotopic (exact) mass is 339 g/mol. The first-order valence-corrected chi connectivity index (χ1v) is 8.13. The molecule has 122 valence electrons. The van der Waals surface area contributed by atoms with Gasteiger partial charge in [-0.25, -0.2) is 0 Å². The lowest BCUT2D eigenvalue weighted by Gasteiger charge is -2.14. The SMILES string of the molecule is CC(NC(=O)Cn1ccc(-c2ccccc2)n1)c1ccc(Cl)cc1. The van der Waals surface area contributed by atoms with Crippen LogP contribution in [0, 0.1) is 0 Å². The van der Waals surface area contributed by atoms with Crippen LogP contribution in [0.3, 0.4) is 0 Å². The third-order valence-electron chi connectivity index (χ3n) is 3.76. The summed E-state index contributed by atoms with van der Waals surface area (Å²) in [5, 5.41) is 8.10. The third kappa shape index (κ3) is 4.03. The van der Waals surface area contributed by atoms with Crippen LogP contribution in [0.1, 0.15) is 18.5 Å². The van der Waals surface area contributed by atoms with Crippen LogP contribution in [0.5, 0.6) is 0 Å². The zero-order valence-electron chi connectivity index (χ0n) is 13.3. The maximum absolute atomic E-state index is 12.2. The number of rotatable bonds is 5. The number of hydrogen-bond donors (Lipinski definition) is 1. The molecule has 0 fully saturated rings.